The van der Waals surface area contributed by atoms with Crippen LogP contribution < -0.4 is 0 Å². The third-order valence-electron chi connectivity index (χ3n) is 5.23. The molecule has 2 heterocycles. The van der Waals surface area contributed by atoms with E-state index in [0.717, 1.165) is 33.8 Å². The molecule has 142 valence electrons. The average molecular weight is 379 g/mol. The number of aromatic nitrogens is 5. The second kappa shape index (κ2) is 6.71. The van der Waals surface area contributed by atoms with Crippen molar-refractivity contribution in [3.05, 3.63) is 90.0 Å². The quantitative estimate of drug-likeness (QED) is 0.433. The molecule has 0 saturated carbocycles. The summed E-state index contributed by atoms with van der Waals surface area (Å²) in [5.41, 5.74) is 8.78. The fourth-order valence-electron chi connectivity index (χ4n) is 4.05. The van der Waals surface area contributed by atoms with Crippen LogP contribution in [0.1, 0.15) is 16.7 Å². The van der Waals surface area contributed by atoms with Crippen molar-refractivity contribution >= 4 is 11.0 Å². The highest BCUT2D eigenvalue weighted by Crippen LogP contribution is 2.28. The summed E-state index contributed by atoms with van der Waals surface area (Å²) in [6.45, 7) is 6.35. The maximum Gasteiger partial charge on any atom is 0.163 e. The van der Waals surface area contributed by atoms with Gasteiger partial charge in [0, 0.05) is 11.3 Å². The van der Waals surface area contributed by atoms with Gasteiger partial charge in [-0.05, 0) is 62.2 Å². The van der Waals surface area contributed by atoms with E-state index in [0.29, 0.717) is 0 Å². The van der Waals surface area contributed by atoms with Gasteiger partial charge in [0.15, 0.2) is 5.82 Å². The maximum absolute atomic E-state index is 4.58. The number of aryl methyl sites for hydroxylation is 3. The van der Waals surface area contributed by atoms with Crippen molar-refractivity contribution in [2.75, 3.05) is 0 Å². The molecule has 5 rings (SSSR count). The first-order valence-electron chi connectivity index (χ1n) is 9.63. The molecule has 0 unspecified atom stereocenters. The molecule has 0 atom stereocenters. The minimum Gasteiger partial charge on any atom is -0.299 e. The van der Waals surface area contributed by atoms with E-state index in [1.807, 2.05) is 35.3 Å². The first-order chi connectivity index (χ1) is 14.1. The lowest BCUT2D eigenvalue weighted by molar-refractivity contribution is 0.870. The third-order valence-corrected chi connectivity index (χ3v) is 5.23. The van der Waals surface area contributed by atoms with Crippen LogP contribution in [0.5, 0.6) is 0 Å². The molecule has 0 fully saturated rings. The van der Waals surface area contributed by atoms with Gasteiger partial charge in [0.1, 0.15) is 12.7 Å². The highest BCUT2D eigenvalue weighted by Gasteiger charge is 2.15. The summed E-state index contributed by atoms with van der Waals surface area (Å²) in [6.07, 6.45) is 3.48. The normalized spacial score (nSPS) is 11.3. The van der Waals surface area contributed by atoms with Gasteiger partial charge in [-0.1, -0.05) is 35.9 Å². The molecule has 2 aromatic heterocycles. The first kappa shape index (κ1) is 17.4. The van der Waals surface area contributed by atoms with Crippen LogP contribution in [0.4, 0.5) is 0 Å². The van der Waals surface area contributed by atoms with E-state index in [9.17, 15) is 0 Å². The minimum absolute atomic E-state index is 0.822. The van der Waals surface area contributed by atoms with Gasteiger partial charge in [-0.25, -0.2) is 14.6 Å². The van der Waals surface area contributed by atoms with Crippen LogP contribution >= 0.6 is 0 Å². The molecule has 0 radical (unpaired) electrons. The van der Waals surface area contributed by atoms with Gasteiger partial charge in [-0.15, -0.1) is 0 Å². The number of hydrogen-bond acceptors (Lipinski definition) is 3. The lowest BCUT2D eigenvalue weighted by atomic mass is 10.0. The SMILES string of the molecule is Cc1cc(C)c(-n2ncnc2-c2ccc3ncn(-c4ccccc4)c3c2)c(C)c1. The fraction of sp³-hybridized carbons (Fsp3) is 0.125. The van der Waals surface area contributed by atoms with Crippen LogP contribution in [0, 0.1) is 20.8 Å². The van der Waals surface area contributed by atoms with Gasteiger partial charge in [-0.3, -0.25) is 4.57 Å². The van der Waals surface area contributed by atoms with E-state index in [2.05, 4.69) is 76.8 Å². The van der Waals surface area contributed by atoms with E-state index in [4.69, 9.17) is 0 Å². The van der Waals surface area contributed by atoms with E-state index < -0.39 is 0 Å². The molecule has 3 aromatic carbocycles. The molecule has 5 nitrogen and oxygen atoms in total. The van der Waals surface area contributed by atoms with Crippen LogP contribution in [0.25, 0.3) is 33.8 Å². The van der Waals surface area contributed by atoms with Crippen molar-refractivity contribution in [1.29, 1.82) is 0 Å². The van der Waals surface area contributed by atoms with Gasteiger partial charge in [0.05, 0.1) is 16.7 Å². The molecule has 0 saturated heterocycles. The fourth-order valence-corrected chi connectivity index (χ4v) is 4.05. The van der Waals surface area contributed by atoms with E-state index in [-0.39, 0.29) is 0 Å². The van der Waals surface area contributed by atoms with Crippen LogP contribution in [0.3, 0.4) is 0 Å². The van der Waals surface area contributed by atoms with Gasteiger partial charge in [-0.2, -0.15) is 5.10 Å². The smallest absolute Gasteiger partial charge is 0.163 e. The van der Waals surface area contributed by atoms with Gasteiger partial charge < -0.3 is 0 Å². The zero-order chi connectivity index (χ0) is 20.0. The van der Waals surface area contributed by atoms with Crippen LogP contribution in [-0.4, -0.2) is 24.3 Å². The average Bonchev–Trinajstić information content (AvgIpc) is 3.34. The third kappa shape index (κ3) is 2.91. The standard InChI is InChI=1S/C24H21N5/c1-16-11-17(2)23(18(3)12-16)29-24(25-14-27-29)19-9-10-21-22(13-19)28(15-26-21)20-7-5-4-6-8-20/h4-15H,1-3H3. The molecule has 5 aromatic rings. The number of nitrogens with zero attached hydrogens (tertiary/aromatic N) is 5. The van der Waals surface area contributed by atoms with Crippen molar-refractivity contribution in [3.63, 3.8) is 0 Å². The van der Waals surface area contributed by atoms with Crippen LogP contribution in [-0.2, 0) is 0 Å². The zero-order valence-electron chi connectivity index (χ0n) is 16.7. The number of para-hydroxylation sites is 1. The molecule has 0 aliphatic carbocycles. The van der Waals surface area contributed by atoms with Crippen molar-refractivity contribution in [2.45, 2.75) is 20.8 Å². The number of imidazole rings is 1. The Morgan fingerprint density at radius 3 is 2.31 bits per heavy atom. The summed E-state index contributed by atoms with van der Waals surface area (Å²) < 4.78 is 4.04. The second-order valence-corrected chi connectivity index (χ2v) is 7.40. The van der Waals surface area contributed by atoms with Crippen LogP contribution in [0.15, 0.2) is 73.3 Å². The number of hydrogen-bond donors (Lipinski definition) is 0. The molecule has 5 heteroatoms. The largest absolute Gasteiger partial charge is 0.299 e. The molecule has 0 amide bonds. The second-order valence-electron chi connectivity index (χ2n) is 7.40. The minimum atomic E-state index is 0.822. The lowest BCUT2D eigenvalue weighted by Crippen LogP contribution is -2.05. The number of fused-ring (bicyclic) bond motifs is 1. The summed E-state index contributed by atoms with van der Waals surface area (Å²) in [6, 6.07) is 20.8. The van der Waals surface area contributed by atoms with Crippen molar-refractivity contribution < 1.29 is 0 Å². The molecule has 0 N–H and O–H groups in total. The Labute approximate surface area is 169 Å². The monoisotopic (exact) mass is 379 g/mol. The maximum atomic E-state index is 4.58. The van der Waals surface area contributed by atoms with E-state index in [1.165, 1.54) is 16.7 Å². The zero-order valence-corrected chi connectivity index (χ0v) is 16.7. The van der Waals surface area contributed by atoms with Crippen molar-refractivity contribution in [2.24, 2.45) is 0 Å². The Balaban J connectivity index is 1.68. The Kier molecular flexibility index (Phi) is 4.02. The Morgan fingerprint density at radius 1 is 0.793 bits per heavy atom. The lowest BCUT2D eigenvalue weighted by Gasteiger charge is -2.13. The van der Waals surface area contributed by atoms with Crippen molar-refractivity contribution in [3.8, 4) is 22.8 Å². The molecule has 29 heavy (non-hydrogen) atoms. The number of rotatable bonds is 3. The summed E-state index contributed by atoms with van der Waals surface area (Å²) in [5, 5.41) is 4.55. The Morgan fingerprint density at radius 2 is 1.55 bits per heavy atom. The molecular formula is C24H21N5. The van der Waals surface area contributed by atoms with Crippen molar-refractivity contribution in [1.82, 2.24) is 24.3 Å². The van der Waals surface area contributed by atoms with E-state index >= 15 is 0 Å². The highest BCUT2D eigenvalue weighted by atomic mass is 15.3. The molecule has 0 aliphatic heterocycles. The van der Waals surface area contributed by atoms with Gasteiger partial charge >= 0.3 is 0 Å². The highest BCUT2D eigenvalue weighted by molar-refractivity contribution is 5.82. The molecule has 0 bridgehead atoms. The predicted molar refractivity (Wildman–Crippen MR) is 116 cm³/mol. The number of benzene rings is 3. The summed E-state index contributed by atoms with van der Waals surface area (Å²) in [7, 11) is 0. The summed E-state index contributed by atoms with van der Waals surface area (Å²) >= 11 is 0. The van der Waals surface area contributed by atoms with Gasteiger partial charge in [0.25, 0.3) is 0 Å². The van der Waals surface area contributed by atoms with E-state index in [1.54, 1.807) is 6.33 Å². The topological polar surface area (TPSA) is 48.5 Å². The predicted octanol–water partition coefficient (Wildman–Crippen LogP) is 5.20. The Hall–Kier alpha value is -3.73. The molecule has 0 aliphatic rings. The first-order valence-corrected chi connectivity index (χ1v) is 9.63. The molecule has 0 spiro atoms. The molecular weight excluding hydrogens is 358 g/mol. The van der Waals surface area contributed by atoms with Crippen LogP contribution in [0.2, 0.25) is 0 Å². The summed E-state index contributed by atoms with van der Waals surface area (Å²) in [4.78, 5) is 9.14. The summed E-state index contributed by atoms with van der Waals surface area (Å²) in [5.74, 6) is 0.822. The Bertz CT molecular complexity index is 1310. The van der Waals surface area contributed by atoms with Gasteiger partial charge in [0.2, 0.25) is 0 Å².